The van der Waals surface area contributed by atoms with Crippen LogP contribution in [0.4, 0.5) is 0 Å². The van der Waals surface area contributed by atoms with Gasteiger partial charge >= 0.3 is 0 Å². The zero-order valence-corrected chi connectivity index (χ0v) is 11.0. The molecule has 0 atom stereocenters. The van der Waals surface area contributed by atoms with Gasteiger partial charge in [-0.1, -0.05) is 24.3 Å². The normalized spacial score (nSPS) is 9.67. The highest BCUT2D eigenvalue weighted by Crippen LogP contribution is 2.17. The fourth-order valence-electron chi connectivity index (χ4n) is 1.56. The first-order valence-electron chi connectivity index (χ1n) is 5.49. The lowest BCUT2D eigenvalue weighted by atomic mass is 10.1. The summed E-state index contributed by atoms with van der Waals surface area (Å²) in [4.78, 5) is 8.47. The number of hydrogen-bond donors (Lipinski definition) is 1. The Kier molecular flexibility index (Phi) is 5.55. The minimum Gasteiger partial charge on any atom is -0.494 e. The second-order valence-corrected chi connectivity index (χ2v) is 3.68. The molecule has 1 heterocycles. The van der Waals surface area contributed by atoms with Crippen LogP contribution in [0.1, 0.15) is 5.56 Å². The molecule has 0 bridgehead atoms. The first-order valence-corrected chi connectivity index (χ1v) is 5.49. The Morgan fingerprint density at radius 1 is 1.11 bits per heavy atom. The number of benzene rings is 1. The molecule has 18 heavy (non-hydrogen) atoms. The van der Waals surface area contributed by atoms with E-state index in [1.165, 1.54) is 5.56 Å². The van der Waals surface area contributed by atoms with Crippen LogP contribution in [0.5, 0.6) is 5.75 Å². The molecule has 0 radical (unpaired) electrons. The molecule has 0 unspecified atom stereocenters. The minimum atomic E-state index is 0. The Bertz CT molecular complexity index is 471. The van der Waals surface area contributed by atoms with Gasteiger partial charge in [-0.05, 0) is 18.5 Å². The molecule has 96 valence electrons. The van der Waals surface area contributed by atoms with E-state index in [0.29, 0.717) is 18.1 Å². The molecule has 0 aliphatic carbocycles. The molecule has 0 aliphatic rings. The molecule has 2 N–H and O–H groups in total. The Hall–Kier alpha value is -1.65. The SMILES string of the molecule is COc1cnc(-c2ccc(CCN)cc2)nc1.Cl. The fraction of sp³-hybridized carbons (Fsp3) is 0.231. The smallest absolute Gasteiger partial charge is 0.159 e. The summed E-state index contributed by atoms with van der Waals surface area (Å²) in [7, 11) is 1.60. The maximum atomic E-state index is 5.50. The third-order valence-corrected chi connectivity index (χ3v) is 2.51. The van der Waals surface area contributed by atoms with Gasteiger partial charge in [0.25, 0.3) is 0 Å². The Balaban J connectivity index is 0.00000162. The lowest BCUT2D eigenvalue weighted by Gasteiger charge is -2.03. The maximum absolute atomic E-state index is 5.50. The molecule has 2 rings (SSSR count). The van der Waals surface area contributed by atoms with Crippen LogP contribution in [-0.2, 0) is 6.42 Å². The number of halogens is 1. The molecule has 0 fully saturated rings. The number of methoxy groups -OCH3 is 1. The molecule has 0 amide bonds. The summed E-state index contributed by atoms with van der Waals surface area (Å²) in [5, 5.41) is 0. The lowest BCUT2D eigenvalue weighted by molar-refractivity contribution is 0.411. The van der Waals surface area contributed by atoms with Crippen molar-refractivity contribution in [2.24, 2.45) is 5.73 Å². The number of ether oxygens (including phenoxy) is 1. The van der Waals surface area contributed by atoms with E-state index in [-0.39, 0.29) is 12.4 Å². The van der Waals surface area contributed by atoms with Crippen LogP contribution < -0.4 is 10.5 Å². The molecule has 1 aromatic carbocycles. The Morgan fingerprint density at radius 2 is 1.72 bits per heavy atom. The lowest BCUT2D eigenvalue weighted by Crippen LogP contribution is -2.02. The highest BCUT2D eigenvalue weighted by atomic mass is 35.5. The number of nitrogens with zero attached hydrogens (tertiary/aromatic N) is 2. The molecule has 0 saturated heterocycles. The van der Waals surface area contributed by atoms with Crippen LogP contribution in [0.25, 0.3) is 11.4 Å². The molecular formula is C13H16ClN3O. The molecule has 1 aromatic heterocycles. The van der Waals surface area contributed by atoms with E-state index >= 15 is 0 Å². The van der Waals surface area contributed by atoms with Crippen LogP contribution in [0.2, 0.25) is 0 Å². The third kappa shape index (κ3) is 3.42. The topological polar surface area (TPSA) is 61.0 Å². The van der Waals surface area contributed by atoms with Crippen LogP contribution in [-0.4, -0.2) is 23.6 Å². The third-order valence-electron chi connectivity index (χ3n) is 2.51. The fourth-order valence-corrected chi connectivity index (χ4v) is 1.56. The van der Waals surface area contributed by atoms with E-state index in [1.54, 1.807) is 19.5 Å². The van der Waals surface area contributed by atoms with Crippen molar-refractivity contribution < 1.29 is 4.74 Å². The van der Waals surface area contributed by atoms with Crippen molar-refractivity contribution in [2.45, 2.75) is 6.42 Å². The number of rotatable bonds is 4. The highest BCUT2D eigenvalue weighted by Gasteiger charge is 2.01. The summed E-state index contributed by atoms with van der Waals surface area (Å²) in [5.41, 5.74) is 7.72. The predicted molar refractivity (Wildman–Crippen MR) is 74.0 cm³/mol. The maximum Gasteiger partial charge on any atom is 0.159 e. The predicted octanol–water partition coefficient (Wildman–Crippen LogP) is 2.08. The summed E-state index contributed by atoms with van der Waals surface area (Å²) in [6.07, 6.45) is 4.22. The van der Waals surface area contributed by atoms with Gasteiger partial charge in [0.1, 0.15) is 0 Å². The van der Waals surface area contributed by atoms with Crippen molar-refractivity contribution in [3.05, 3.63) is 42.2 Å². The van der Waals surface area contributed by atoms with E-state index in [2.05, 4.69) is 22.1 Å². The molecule has 2 aromatic rings. The van der Waals surface area contributed by atoms with E-state index in [9.17, 15) is 0 Å². The van der Waals surface area contributed by atoms with Gasteiger partial charge in [0, 0.05) is 5.56 Å². The molecule has 0 saturated carbocycles. The first-order chi connectivity index (χ1) is 8.33. The molecular weight excluding hydrogens is 250 g/mol. The Morgan fingerprint density at radius 3 is 2.22 bits per heavy atom. The van der Waals surface area contributed by atoms with Gasteiger partial charge in [-0.3, -0.25) is 0 Å². The number of hydrogen-bond acceptors (Lipinski definition) is 4. The van der Waals surface area contributed by atoms with Crippen molar-refractivity contribution in [3.63, 3.8) is 0 Å². The second kappa shape index (κ2) is 6.93. The van der Waals surface area contributed by atoms with Gasteiger partial charge < -0.3 is 10.5 Å². The van der Waals surface area contributed by atoms with Gasteiger partial charge in [0.2, 0.25) is 0 Å². The van der Waals surface area contributed by atoms with Gasteiger partial charge in [-0.25, -0.2) is 9.97 Å². The number of nitrogens with two attached hydrogens (primary N) is 1. The minimum absolute atomic E-state index is 0. The summed E-state index contributed by atoms with van der Waals surface area (Å²) in [5.74, 6) is 1.36. The van der Waals surface area contributed by atoms with Gasteiger partial charge in [-0.2, -0.15) is 0 Å². The van der Waals surface area contributed by atoms with E-state index in [4.69, 9.17) is 10.5 Å². The standard InChI is InChI=1S/C13H15N3O.ClH/c1-17-12-8-15-13(16-9-12)11-4-2-10(3-5-11)6-7-14;/h2-5,8-9H,6-7,14H2,1H3;1H. The van der Waals surface area contributed by atoms with Gasteiger partial charge in [0.05, 0.1) is 19.5 Å². The van der Waals surface area contributed by atoms with Crippen molar-refractivity contribution in [1.82, 2.24) is 9.97 Å². The first kappa shape index (κ1) is 14.4. The van der Waals surface area contributed by atoms with E-state index in [0.717, 1.165) is 12.0 Å². The molecule has 0 aliphatic heterocycles. The summed E-state index contributed by atoms with van der Waals surface area (Å²) >= 11 is 0. The van der Waals surface area contributed by atoms with Crippen LogP contribution in [0.15, 0.2) is 36.7 Å². The van der Waals surface area contributed by atoms with Crippen molar-refractivity contribution in [3.8, 4) is 17.1 Å². The van der Waals surface area contributed by atoms with Crippen LogP contribution in [0, 0.1) is 0 Å². The summed E-state index contributed by atoms with van der Waals surface area (Å²) < 4.78 is 5.02. The van der Waals surface area contributed by atoms with E-state index in [1.807, 2.05) is 12.1 Å². The molecule has 0 spiro atoms. The van der Waals surface area contributed by atoms with Crippen LogP contribution in [0.3, 0.4) is 0 Å². The number of aromatic nitrogens is 2. The summed E-state index contributed by atoms with van der Waals surface area (Å²) in [6, 6.07) is 8.12. The Labute approximate surface area is 113 Å². The zero-order valence-electron chi connectivity index (χ0n) is 10.2. The van der Waals surface area contributed by atoms with E-state index < -0.39 is 0 Å². The van der Waals surface area contributed by atoms with Gasteiger partial charge in [-0.15, -0.1) is 12.4 Å². The zero-order chi connectivity index (χ0) is 12.1. The highest BCUT2D eigenvalue weighted by molar-refractivity contribution is 5.85. The average molecular weight is 266 g/mol. The second-order valence-electron chi connectivity index (χ2n) is 3.68. The van der Waals surface area contributed by atoms with Crippen molar-refractivity contribution in [1.29, 1.82) is 0 Å². The average Bonchev–Trinajstić information content (AvgIpc) is 2.40. The largest absolute Gasteiger partial charge is 0.494 e. The summed E-state index contributed by atoms with van der Waals surface area (Å²) in [6.45, 7) is 0.665. The van der Waals surface area contributed by atoms with Crippen molar-refractivity contribution >= 4 is 12.4 Å². The monoisotopic (exact) mass is 265 g/mol. The quantitative estimate of drug-likeness (QED) is 0.919. The van der Waals surface area contributed by atoms with Crippen molar-refractivity contribution in [2.75, 3.05) is 13.7 Å². The van der Waals surface area contributed by atoms with Crippen LogP contribution >= 0.6 is 12.4 Å². The molecule has 5 heteroatoms. The molecule has 4 nitrogen and oxygen atoms in total. The van der Waals surface area contributed by atoms with Gasteiger partial charge in [0.15, 0.2) is 11.6 Å².